The van der Waals surface area contributed by atoms with Crippen LogP contribution in [0.5, 0.6) is 0 Å². The highest BCUT2D eigenvalue weighted by molar-refractivity contribution is 5.71. The van der Waals surface area contributed by atoms with E-state index in [4.69, 9.17) is 14.2 Å². The Morgan fingerprint density at radius 2 is 0.619 bits per heavy atom. The molecule has 0 saturated heterocycles. The van der Waals surface area contributed by atoms with Gasteiger partial charge < -0.3 is 14.2 Å². The summed E-state index contributed by atoms with van der Waals surface area (Å²) in [6.07, 6.45) is 61.8. The number of rotatable bonds is 50. The van der Waals surface area contributed by atoms with Crippen molar-refractivity contribution in [1.82, 2.24) is 0 Å². The maximum absolute atomic E-state index is 12.7. The van der Waals surface area contributed by atoms with Gasteiger partial charge >= 0.3 is 17.9 Å². The summed E-state index contributed by atoms with van der Waals surface area (Å²) in [4.78, 5) is 37.8. The predicted octanol–water partition coefficient (Wildman–Crippen LogP) is 18.1. The first kappa shape index (κ1) is 60.6. The lowest BCUT2D eigenvalue weighted by atomic mass is 10.0. The van der Waals surface area contributed by atoms with Gasteiger partial charge in [-0.3, -0.25) is 14.4 Å². The molecule has 0 N–H and O–H groups in total. The summed E-state index contributed by atoms with van der Waals surface area (Å²) >= 11 is 0. The zero-order valence-corrected chi connectivity index (χ0v) is 42.1. The van der Waals surface area contributed by atoms with E-state index < -0.39 is 6.10 Å². The Morgan fingerprint density at radius 3 is 0.968 bits per heavy atom. The number of ether oxygens (including phenoxy) is 3. The number of carbonyl (C=O) groups excluding carboxylic acids is 3. The molecule has 63 heavy (non-hydrogen) atoms. The van der Waals surface area contributed by atoms with Gasteiger partial charge in [0.05, 0.1) is 0 Å². The molecular weight excluding hydrogens is 781 g/mol. The summed E-state index contributed by atoms with van der Waals surface area (Å²) in [6.45, 7) is 6.48. The fraction of sp³-hybridized carbons (Fsp3) is 0.842. The van der Waals surface area contributed by atoms with E-state index in [0.717, 1.165) is 96.3 Å². The molecule has 0 radical (unpaired) electrons. The monoisotopic (exact) mass is 885 g/mol. The molecule has 0 aromatic carbocycles. The Hall–Kier alpha value is -2.37. The van der Waals surface area contributed by atoms with Crippen molar-refractivity contribution in [2.45, 2.75) is 297 Å². The van der Waals surface area contributed by atoms with Crippen molar-refractivity contribution < 1.29 is 28.6 Å². The van der Waals surface area contributed by atoms with Gasteiger partial charge in [0.1, 0.15) is 13.2 Å². The highest BCUT2D eigenvalue weighted by Gasteiger charge is 2.19. The molecule has 0 fully saturated rings. The van der Waals surface area contributed by atoms with Crippen molar-refractivity contribution in [2.24, 2.45) is 0 Å². The third-order valence-electron chi connectivity index (χ3n) is 12.2. The maximum Gasteiger partial charge on any atom is 0.306 e. The van der Waals surface area contributed by atoms with Crippen molar-refractivity contribution in [1.29, 1.82) is 0 Å². The van der Waals surface area contributed by atoms with Gasteiger partial charge in [0.15, 0.2) is 6.10 Å². The van der Waals surface area contributed by atoms with Crippen molar-refractivity contribution in [3.63, 3.8) is 0 Å². The second-order valence-electron chi connectivity index (χ2n) is 18.5. The van der Waals surface area contributed by atoms with Gasteiger partial charge in [-0.15, -0.1) is 0 Å². The molecule has 0 saturated carbocycles. The van der Waals surface area contributed by atoms with Gasteiger partial charge in [-0.1, -0.05) is 256 Å². The summed E-state index contributed by atoms with van der Waals surface area (Å²) in [7, 11) is 0. The van der Waals surface area contributed by atoms with E-state index in [2.05, 4.69) is 57.2 Å². The van der Waals surface area contributed by atoms with Crippen LogP contribution in [0, 0.1) is 0 Å². The molecule has 1 atom stereocenters. The van der Waals surface area contributed by atoms with Gasteiger partial charge in [0, 0.05) is 19.3 Å². The third kappa shape index (κ3) is 50.5. The topological polar surface area (TPSA) is 78.9 Å². The van der Waals surface area contributed by atoms with E-state index in [-0.39, 0.29) is 31.1 Å². The van der Waals surface area contributed by atoms with Crippen LogP contribution in [0.1, 0.15) is 290 Å². The Bertz CT molecular complexity index is 1060. The number of esters is 3. The zero-order chi connectivity index (χ0) is 45.8. The number of unbranched alkanes of at least 4 members (excludes halogenated alkanes) is 33. The minimum Gasteiger partial charge on any atom is -0.462 e. The summed E-state index contributed by atoms with van der Waals surface area (Å²) in [6, 6.07) is 0. The van der Waals surface area contributed by atoms with Crippen LogP contribution < -0.4 is 0 Å². The minimum absolute atomic E-state index is 0.0759. The lowest BCUT2D eigenvalue weighted by Gasteiger charge is -2.18. The van der Waals surface area contributed by atoms with Crippen LogP contribution >= 0.6 is 0 Å². The van der Waals surface area contributed by atoms with E-state index in [1.807, 2.05) is 0 Å². The second kappa shape index (κ2) is 52.3. The molecular formula is C57H104O6. The van der Waals surface area contributed by atoms with Gasteiger partial charge in [-0.2, -0.15) is 0 Å². The Balaban J connectivity index is 4.08. The molecule has 368 valence electrons. The fourth-order valence-corrected chi connectivity index (χ4v) is 8.05. The molecule has 6 nitrogen and oxygen atoms in total. The van der Waals surface area contributed by atoms with E-state index in [9.17, 15) is 14.4 Å². The largest absolute Gasteiger partial charge is 0.462 e. The fourth-order valence-electron chi connectivity index (χ4n) is 8.05. The smallest absolute Gasteiger partial charge is 0.306 e. The van der Waals surface area contributed by atoms with Crippen molar-refractivity contribution in [3.8, 4) is 0 Å². The molecule has 0 aliphatic rings. The molecule has 0 aromatic heterocycles. The molecule has 1 unspecified atom stereocenters. The summed E-state index contributed by atoms with van der Waals surface area (Å²) in [5.41, 5.74) is 0. The maximum atomic E-state index is 12.7. The molecule has 0 bridgehead atoms. The van der Waals surface area contributed by atoms with Gasteiger partial charge in [0.2, 0.25) is 0 Å². The average molecular weight is 885 g/mol. The van der Waals surface area contributed by atoms with Crippen LogP contribution in [-0.2, 0) is 28.6 Å². The van der Waals surface area contributed by atoms with Crippen LogP contribution in [0.15, 0.2) is 36.5 Å². The van der Waals surface area contributed by atoms with Crippen molar-refractivity contribution in [2.75, 3.05) is 13.2 Å². The first-order valence-electron chi connectivity index (χ1n) is 27.5. The van der Waals surface area contributed by atoms with E-state index in [1.54, 1.807) is 0 Å². The highest BCUT2D eigenvalue weighted by atomic mass is 16.6. The SMILES string of the molecule is CC/C=C\C/C=C\C/C=C\CCCCCCCC(=O)OC(COC(=O)CCCCCCCC)COC(=O)CCCCCCCCCCCCCCCCCCCCCCCCCC. The highest BCUT2D eigenvalue weighted by Crippen LogP contribution is 2.17. The molecule has 0 amide bonds. The van der Waals surface area contributed by atoms with Crippen molar-refractivity contribution in [3.05, 3.63) is 36.5 Å². The number of hydrogen-bond acceptors (Lipinski definition) is 6. The first-order chi connectivity index (χ1) is 31.0. The molecule has 0 aliphatic heterocycles. The number of hydrogen-bond donors (Lipinski definition) is 0. The Kier molecular flexibility index (Phi) is 50.3. The van der Waals surface area contributed by atoms with Gasteiger partial charge in [-0.05, 0) is 51.4 Å². The zero-order valence-electron chi connectivity index (χ0n) is 42.1. The van der Waals surface area contributed by atoms with Crippen LogP contribution in [0.25, 0.3) is 0 Å². The first-order valence-corrected chi connectivity index (χ1v) is 27.5. The average Bonchev–Trinajstić information content (AvgIpc) is 3.28. The minimum atomic E-state index is -0.774. The molecule has 0 rings (SSSR count). The van der Waals surface area contributed by atoms with Gasteiger partial charge in [-0.25, -0.2) is 0 Å². The standard InChI is InChI=1S/C57H104O6/c1-4-7-10-13-16-18-20-22-24-25-26-27-28-29-30-31-32-34-35-37-39-41-44-47-50-56(59)62-53-54(52-61-55(58)49-46-43-15-12-9-6-3)63-57(60)51-48-45-42-40-38-36-33-23-21-19-17-14-11-8-5-2/h8,11,17,19,23,33,54H,4-7,9-10,12-16,18,20-22,24-32,34-53H2,1-3H3/b11-8-,19-17-,33-23-. The summed E-state index contributed by atoms with van der Waals surface area (Å²) in [5.74, 6) is -0.891. The number of allylic oxidation sites excluding steroid dienone is 6. The third-order valence-corrected chi connectivity index (χ3v) is 12.2. The number of carbonyl (C=O) groups is 3. The lowest BCUT2D eigenvalue weighted by molar-refractivity contribution is -0.167. The second-order valence-corrected chi connectivity index (χ2v) is 18.5. The molecule has 0 aromatic rings. The normalized spacial score (nSPS) is 12.2. The molecule has 0 spiro atoms. The summed E-state index contributed by atoms with van der Waals surface area (Å²) in [5, 5.41) is 0. The van der Waals surface area contributed by atoms with Crippen molar-refractivity contribution >= 4 is 17.9 Å². The summed E-state index contributed by atoms with van der Waals surface area (Å²) < 4.78 is 16.7. The van der Waals surface area contributed by atoms with E-state index in [1.165, 1.54) is 154 Å². The molecule has 0 heterocycles. The van der Waals surface area contributed by atoms with E-state index in [0.29, 0.717) is 19.3 Å². The molecule has 6 heteroatoms. The van der Waals surface area contributed by atoms with Crippen LogP contribution in [0.3, 0.4) is 0 Å². The van der Waals surface area contributed by atoms with E-state index >= 15 is 0 Å². The predicted molar refractivity (Wildman–Crippen MR) is 270 cm³/mol. The Morgan fingerprint density at radius 1 is 0.333 bits per heavy atom. The quantitative estimate of drug-likeness (QED) is 0.0262. The van der Waals surface area contributed by atoms with Gasteiger partial charge in [0.25, 0.3) is 0 Å². The van der Waals surface area contributed by atoms with Crippen LogP contribution in [0.2, 0.25) is 0 Å². The molecule has 0 aliphatic carbocycles. The Labute approximate surface area is 391 Å². The van der Waals surface area contributed by atoms with Crippen LogP contribution in [0.4, 0.5) is 0 Å². The van der Waals surface area contributed by atoms with Crippen LogP contribution in [-0.4, -0.2) is 37.2 Å². The lowest BCUT2D eigenvalue weighted by Crippen LogP contribution is -2.30.